The lowest BCUT2D eigenvalue weighted by atomic mass is 9.41. The van der Waals surface area contributed by atoms with Crippen LogP contribution < -0.4 is 40.2 Å². The van der Waals surface area contributed by atoms with Crippen LogP contribution in [-0.2, 0) is 14.3 Å². The van der Waals surface area contributed by atoms with Gasteiger partial charge in [0.05, 0.1) is 42.4 Å². The van der Waals surface area contributed by atoms with E-state index in [9.17, 15) is 24.6 Å². The number of ether oxygens (including phenoxy) is 1. The van der Waals surface area contributed by atoms with Gasteiger partial charge in [-0.25, -0.2) is 4.79 Å². The van der Waals surface area contributed by atoms with Crippen molar-refractivity contribution in [3.8, 4) is 0 Å². The van der Waals surface area contributed by atoms with Crippen LogP contribution in [0.5, 0.6) is 0 Å². The van der Waals surface area contributed by atoms with Gasteiger partial charge in [0.1, 0.15) is 38.6 Å². The van der Waals surface area contributed by atoms with E-state index in [1.807, 2.05) is 6.07 Å². The van der Waals surface area contributed by atoms with E-state index in [1.54, 1.807) is 6.92 Å². The molecule has 1 aromatic rings. The number of rotatable bonds is 9. The van der Waals surface area contributed by atoms with Gasteiger partial charge in [0, 0.05) is 37.5 Å². The van der Waals surface area contributed by atoms with Gasteiger partial charge in [-0.1, -0.05) is 6.92 Å². The number of carbonyl (C=O) groups excluding carboxylic acids is 2. The first-order valence-corrected chi connectivity index (χ1v) is 18.1. The number of nitrogens with one attached hydrogen (secondary N) is 2. The van der Waals surface area contributed by atoms with E-state index in [1.165, 1.54) is 22.1 Å². The van der Waals surface area contributed by atoms with Crippen LogP contribution in [-0.4, -0.2) is 102 Å². The summed E-state index contributed by atoms with van der Waals surface area (Å²) in [5, 5.41) is 41.3. The molecule has 8 unspecified atom stereocenters. The molecule has 11 nitrogen and oxygen atoms in total. The van der Waals surface area contributed by atoms with Crippen molar-refractivity contribution in [2.75, 3.05) is 52.5 Å². The predicted octanol–water partition coefficient (Wildman–Crippen LogP) is -6.35. The third kappa shape index (κ3) is 7.94. The maximum Gasteiger partial charge on any atom is 0.335 e. The second kappa shape index (κ2) is 17.3. The number of aliphatic hydroxyl groups excluding tert-OH is 2. The Bertz CT molecular complexity index is 1270. The third-order valence-corrected chi connectivity index (χ3v) is 13.2. The van der Waals surface area contributed by atoms with Crippen LogP contribution in [0.3, 0.4) is 0 Å². The van der Waals surface area contributed by atoms with E-state index in [0.717, 1.165) is 76.8 Å². The summed E-state index contributed by atoms with van der Waals surface area (Å²) in [5.74, 6) is -0.424. The van der Waals surface area contributed by atoms with E-state index in [2.05, 4.69) is 6.92 Å². The average Bonchev–Trinajstić information content (AvgIpc) is 3.34. The van der Waals surface area contributed by atoms with Crippen LogP contribution in [0.2, 0.25) is 0 Å². The number of hydrogen-bond donors (Lipinski definition) is 6. The second-order valence-corrected chi connectivity index (χ2v) is 15.3. The molecule has 280 valence electrons. The highest BCUT2D eigenvalue weighted by Crippen LogP contribution is 2.71. The zero-order chi connectivity index (χ0) is 33.9. The summed E-state index contributed by atoms with van der Waals surface area (Å²) in [6.07, 6.45) is 8.41. The van der Waals surface area contributed by atoms with Crippen molar-refractivity contribution in [3.63, 3.8) is 0 Å². The van der Waals surface area contributed by atoms with Gasteiger partial charge < -0.3 is 69.0 Å². The number of piperazine rings is 1. The van der Waals surface area contributed by atoms with Crippen molar-refractivity contribution in [1.82, 2.24) is 0 Å². The lowest BCUT2D eigenvalue weighted by Gasteiger charge is -2.65. The highest BCUT2D eigenvalue weighted by Gasteiger charge is 2.71. The molecule has 6 N–H and O–H groups in total. The molecule has 2 heterocycles. The molecule has 1 aliphatic heterocycles. The summed E-state index contributed by atoms with van der Waals surface area (Å²) in [7, 11) is 0. The van der Waals surface area contributed by atoms with Crippen molar-refractivity contribution in [3.05, 3.63) is 34.4 Å². The first-order valence-electron chi connectivity index (χ1n) is 18.1. The predicted molar refractivity (Wildman–Crippen MR) is 173 cm³/mol. The molecule has 8 atom stereocenters. The highest BCUT2D eigenvalue weighted by atomic mass is 35.5. The number of quaternary nitrogens is 2. The van der Waals surface area contributed by atoms with Crippen molar-refractivity contribution in [2.24, 2.45) is 22.7 Å². The molecule has 1 aromatic heterocycles. The fourth-order valence-corrected chi connectivity index (χ4v) is 10.6. The molecule has 0 amide bonds. The van der Waals surface area contributed by atoms with Crippen molar-refractivity contribution < 1.29 is 73.8 Å². The molecule has 4 aliphatic carbocycles. The lowest BCUT2D eigenvalue weighted by molar-refractivity contribution is -1.01. The molecule has 0 bridgehead atoms. The molecule has 0 spiro atoms. The number of carbonyl (C=O) groups is 2. The molecule has 0 aromatic carbocycles. The largest absolute Gasteiger partial charge is 1.00 e. The Balaban J connectivity index is 0.00000126. The van der Waals surface area contributed by atoms with Gasteiger partial charge in [-0.15, -0.1) is 0 Å². The van der Waals surface area contributed by atoms with E-state index in [0.29, 0.717) is 38.5 Å². The SMILES string of the molecule is CC12CCC3C(CCC4(O)CC(OC(=O)CC[NH+]5CC[NH+](CCCO)CC5)CCC34C=O)C1(O)CCC2c1ccc(=O)oc1.CCO.[Cl-].[Cl-]. The van der Waals surface area contributed by atoms with Gasteiger partial charge in [-0.2, -0.15) is 0 Å². The Morgan fingerprint density at radius 3 is 2.22 bits per heavy atom. The van der Waals surface area contributed by atoms with Crippen LogP contribution in [0.15, 0.2) is 27.6 Å². The molecule has 6 rings (SSSR count). The minimum atomic E-state index is -1.26. The van der Waals surface area contributed by atoms with Gasteiger partial charge in [0.2, 0.25) is 0 Å². The molecule has 49 heavy (non-hydrogen) atoms. The fraction of sp³-hybridized carbons (Fsp3) is 0.806. The monoisotopic (exact) mass is 732 g/mol. The van der Waals surface area contributed by atoms with Crippen molar-refractivity contribution in [2.45, 2.75) is 108 Å². The van der Waals surface area contributed by atoms with Gasteiger partial charge in [-0.3, -0.25) is 4.79 Å². The summed E-state index contributed by atoms with van der Waals surface area (Å²) in [6, 6.07) is 3.26. The fourth-order valence-electron chi connectivity index (χ4n) is 10.6. The first kappa shape index (κ1) is 41.8. The van der Waals surface area contributed by atoms with Crippen molar-refractivity contribution >= 4 is 12.3 Å². The molecule has 13 heteroatoms. The van der Waals surface area contributed by atoms with E-state index in [-0.39, 0.29) is 73.8 Å². The Labute approximate surface area is 302 Å². The molecule has 4 saturated carbocycles. The summed E-state index contributed by atoms with van der Waals surface area (Å²) >= 11 is 0. The molecule has 1 saturated heterocycles. The molecule has 5 fully saturated rings. The summed E-state index contributed by atoms with van der Waals surface area (Å²) in [5.41, 5.74) is -3.08. The van der Waals surface area contributed by atoms with Crippen LogP contribution >= 0.6 is 0 Å². The maximum absolute atomic E-state index is 13.0. The smallest absolute Gasteiger partial charge is 0.335 e. The second-order valence-electron chi connectivity index (χ2n) is 15.3. The zero-order valence-corrected chi connectivity index (χ0v) is 30.7. The van der Waals surface area contributed by atoms with Crippen LogP contribution in [0.4, 0.5) is 0 Å². The number of hydrogen-bond acceptors (Lipinski definition) is 9. The number of aliphatic hydroxyl groups is 4. The molecule has 5 aliphatic rings. The summed E-state index contributed by atoms with van der Waals surface area (Å²) in [4.78, 5) is 40.5. The van der Waals surface area contributed by atoms with Crippen LogP contribution in [0.25, 0.3) is 0 Å². The Morgan fingerprint density at radius 1 is 0.959 bits per heavy atom. The van der Waals surface area contributed by atoms with E-state index < -0.39 is 28.1 Å². The first-order chi connectivity index (χ1) is 22.5. The van der Waals surface area contributed by atoms with Crippen molar-refractivity contribution in [1.29, 1.82) is 0 Å². The Hall–Kier alpha value is -1.57. The minimum Gasteiger partial charge on any atom is -1.00 e. The zero-order valence-electron chi connectivity index (χ0n) is 29.1. The van der Waals surface area contributed by atoms with Gasteiger partial charge in [0.25, 0.3) is 0 Å². The topological polar surface area (TPSA) is 163 Å². The number of esters is 1. The van der Waals surface area contributed by atoms with Crippen LogP contribution in [0, 0.1) is 22.7 Å². The third-order valence-electron chi connectivity index (χ3n) is 13.2. The lowest BCUT2D eigenvalue weighted by Crippen LogP contribution is -3.28. The highest BCUT2D eigenvalue weighted by molar-refractivity contribution is 5.70. The number of aldehydes is 1. The summed E-state index contributed by atoms with van der Waals surface area (Å²) in [6.45, 7) is 10.2. The standard InChI is InChI=1S/C34H50N2O8.C2H6O.2ClH/c1-31-10-6-27-28(34(31,42)13-8-26(31)24-3-4-29(39)43-22-24)7-12-33(41)21-25(5-11-32(27,33)23-38)44-30(40)9-15-36-18-16-35(17-19-36)14-2-20-37;1-2-3;;/h3-4,22-23,25-28,37,41-42H,2,5-21H2,1H3;3H,2H2,1H3;2*1H. The summed E-state index contributed by atoms with van der Waals surface area (Å²) < 4.78 is 11.1. The van der Waals surface area contributed by atoms with Gasteiger partial charge in [-0.05, 0) is 87.7 Å². The van der Waals surface area contributed by atoms with Gasteiger partial charge in [0.15, 0.2) is 0 Å². The number of halogens is 2. The van der Waals surface area contributed by atoms with E-state index in [4.69, 9.17) is 19.4 Å². The minimum absolute atomic E-state index is 0. The van der Waals surface area contributed by atoms with Gasteiger partial charge >= 0.3 is 11.6 Å². The normalized spacial score (nSPS) is 39.3. The molecular weight excluding hydrogens is 675 g/mol. The maximum atomic E-state index is 13.0. The number of fused-ring (bicyclic) bond motifs is 5. The Kier molecular flexibility index (Phi) is 14.8. The quantitative estimate of drug-likeness (QED) is 0.107. The average molecular weight is 734 g/mol. The Morgan fingerprint density at radius 2 is 1.61 bits per heavy atom. The molecular formula is C36H58Cl2N2O9. The van der Waals surface area contributed by atoms with Crippen LogP contribution in [0.1, 0.15) is 96.0 Å². The molecule has 0 radical (unpaired) electrons. The van der Waals surface area contributed by atoms with E-state index >= 15 is 0 Å².